The lowest BCUT2D eigenvalue weighted by Crippen LogP contribution is -2.45. The third-order valence-corrected chi connectivity index (χ3v) is 5.18. The molecule has 0 unspecified atom stereocenters. The first-order valence-corrected chi connectivity index (χ1v) is 11.0. The minimum Gasteiger partial charge on any atom is -0.439 e. The van der Waals surface area contributed by atoms with Gasteiger partial charge in [-0.3, -0.25) is 4.57 Å². The molecule has 2 aromatic heterocycles. The summed E-state index contributed by atoms with van der Waals surface area (Å²) >= 11 is 0. The van der Waals surface area contributed by atoms with Crippen molar-refractivity contribution in [2.24, 2.45) is 0 Å². The van der Waals surface area contributed by atoms with Gasteiger partial charge >= 0.3 is 11.4 Å². The largest absolute Gasteiger partial charge is 0.439 e. The van der Waals surface area contributed by atoms with Crippen molar-refractivity contribution in [2.45, 2.75) is 19.2 Å². The standard InChI is InChI=1S/C25H21FN6O5/c26-17-6-4-16(5-7-17)13-31-23(30-24(35)32(25(31)36)14-20(34)15-33)29-18-8-10-21(11-9-18)37-22-3-1-2-19(12-27)28-22/h1-11,20,33-34H,13-15H2,(H,29,30,35)/t20-/m0/s1. The maximum atomic E-state index is 13.4. The summed E-state index contributed by atoms with van der Waals surface area (Å²) in [5.74, 6) is 0.146. The number of hydrogen-bond donors (Lipinski definition) is 3. The lowest BCUT2D eigenvalue weighted by molar-refractivity contribution is 0.0785. The number of rotatable bonds is 9. The third-order valence-electron chi connectivity index (χ3n) is 5.18. The molecular weight excluding hydrogens is 483 g/mol. The van der Waals surface area contributed by atoms with Gasteiger partial charge in [0, 0.05) is 11.8 Å². The summed E-state index contributed by atoms with van der Waals surface area (Å²) in [4.78, 5) is 33.7. The van der Waals surface area contributed by atoms with Gasteiger partial charge in [-0.15, -0.1) is 0 Å². The Kier molecular flexibility index (Phi) is 7.68. The van der Waals surface area contributed by atoms with Crippen LogP contribution in [0.1, 0.15) is 11.3 Å². The third kappa shape index (κ3) is 6.23. The number of ether oxygens (including phenoxy) is 1. The average molecular weight is 504 g/mol. The molecule has 1 atom stereocenters. The van der Waals surface area contributed by atoms with Gasteiger partial charge in [0.25, 0.3) is 0 Å². The lowest BCUT2D eigenvalue weighted by Gasteiger charge is -2.17. The number of hydrogen-bond acceptors (Lipinski definition) is 9. The molecule has 0 radical (unpaired) electrons. The Morgan fingerprint density at radius 3 is 2.43 bits per heavy atom. The van der Waals surface area contributed by atoms with E-state index in [0.717, 1.165) is 4.57 Å². The fourth-order valence-corrected chi connectivity index (χ4v) is 3.35. The first kappa shape index (κ1) is 25.2. The summed E-state index contributed by atoms with van der Waals surface area (Å²) in [6, 6.07) is 18.7. The summed E-state index contributed by atoms with van der Waals surface area (Å²) in [5.41, 5.74) is -0.445. The van der Waals surface area contributed by atoms with E-state index in [1.807, 2.05) is 6.07 Å². The van der Waals surface area contributed by atoms with Gasteiger partial charge in [0.05, 0.1) is 25.8 Å². The molecule has 0 fully saturated rings. The molecule has 4 rings (SSSR count). The highest BCUT2D eigenvalue weighted by Crippen LogP contribution is 2.23. The molecule has 0 amide bonds. The summed E-state index contributed by atoms with van der Waals surface area (Å²) in [6.45, 7) is -1.14. The zero-order valence-electron chi connectivity index (χ0n) is 19.3. The number of anilines is 2. The molecule has 0 saturated carbocycles. The normalized spacial score (nSPS) is 11.5. The van der Waals surface area contributed by atoms with Gasteiger partial charge in [-0.2, -0.15) is 10.2 Å². The fraction of sp³-hybridized carbons (Fsp3) is 0.160. The number of nitrogens with one attached hydrogen (secondary N) is 1. The van der Waals surface area contributed by atoms with Gasteiger partial charge in [0.2, 0.25) is 11.8 Å². The summed E-state index contributed by atoms with van der Waals surface area (Å²) in [5, 5.41) is 30.8. The lowest BCUT2D eigenvalue weighted by atomic mass is 10.2. The molecule has 0 aliphatic rings. The number of nitrogens with zero attached hydrogens (tertiary/aromatic N) is 5. The Balaban J connectivity index is 1.64. The highest BCUT2D eigenvalue weighted by atomic mass is 19.1. The van der Waals surface area contributed by atoms with Crippen molar-refractivity contribution in [1.82, 2.24) is 19.1 Å². The number of pyridine rings is 1. The number of nitriles is 1. The van der Waals surface area contributed by atoms with Crippen LogP contribution >= 0.6 is 0 Å². The first-order valence-electron chi connectivity index (χ1n) is 11.0. The van der Waals surface area contributed by atoms with E-state index in [1.165, 1.54) is 28.8 Å². The summed E-state index contributed by atoms with van der Waals surface area (Å²) in [7, 11) is 0. The van der Waals surface area contributed by atoms with Crippen LogP contribution in [0.2, 0.25) is 0 Å². The maximum absolute atomic E-state index is 13.4. The molecule has 0 aliphatic heterocycles. The Morgan fingerprint density at radius 1 is 1.03 bits per heavy atom. The van der Waals surface area contributed by atoms with E-state index in [0.29, 0.717) is 17.0 Å². The van der Waals surface area contributed by atoms with Crippen LogP contribution in [0.25, 0.3) is 0 Å². The second-order valence-corrected chi connectivity index (χ2v) is 7.88. The molecule has 11 nitrogen and oxygen atoms in total. The molecule has 12 heteroatoms. The molecule has 0 bridgehead atoms. The molecule has 2 heterocycles. The van der Waals surface area contributed by atoms with Gasteiger partial charge in [-0.25, -0.2) is 23.5 Å². The van der Waals surface area contributed by atoms with Gasteiger partial charge < -0.3 is 20.3 Å². The first-order chi connectivity index (χ1) is 17.9. The predicted octanol–water partition coefficient (Wildman–Crippen LogP) is 1.75. The van der Waals surface area contributed by atoms with Crippen molar-refractivity contribution in [3.63, 3.8) is 0 Å². The van der Waals surface area contributed by atoms with Crippen LogP contribution in [0.5, 0.6) is 11.6 Å². The van der Waals surface area contributed by atoms with Crippen LogP contribution in [0.4, 0.5) is 16.0 Å². The van der Waals surface area contributed by atoms with Crippen LogP contribution in [0.15, 0.2) is 76.3 Å². The second kappa shape index (κ2) is 11.3. The van der Waals surface area contributed by atoms with E-state index in [-0.39, 0.29) is 24.1 Å². The van der Waals surface area contributed by atoms with Crippen LogP contribution in [-0.2, 0) is 13.1 Å². The smallest absolute Gasteiger partial charge is 0.355 e. The van der Waals surface area contributed by atoms with Crippen LogP contribution in [-0.4, -0.2) is 42.0 Å². The Labute approximate surface area is 209 Å². The number of aromatic nitrogens is 4. The predicted molar refractivity (Wildman–Crippen MR) is 130 cm³/mol. The Bertz CT molecular complexity index is 1540. The van der Waals surface area contributed by atoms with Crippen molar-refractivity contribution in [2.75, 3.05) is 11.9 Å². The maximum Gasteiger partial charge on any atom is 0.355 e. The van der Waals surface area contributed by atoms with E-state index < -0.39 is 36.5 Å². The van der Waals surface area contributed by atoms with E-state index in [4.69, 9.17) is 15.1 Å². The molecule has 4 aromatic rings. The fourth-order valence-electron chi connectivity index (χ4n) is 3.35. The second-order valence-electron chi connectivity index (χ2n) is 7.88. The molecule has 0 spiro atoms. The molecular formula is C25H21FN6O5. The average Bonchev–Trinajstić information content (AvgIpc) is 2.91. The van der Waals surface area contributed by atoms with Crippen LogP contribution in [0.3, 0.4) is 0 Å². The number of aliphatic hydroxyl groups excluding tert-OH is 2. The number of aliphatic hydroxyl groups is 2. The van der Waals surface area contributed by atoms with E-state index >= 15 is 0 Å². The summed E-state index contributed by atoms with van der Waals surface area (Å²) in [6.07, 6.45) is -1.33. The van der Waals surface area contributed by atoms with Crippen LogP contribution in [0, 0.1) is 17.1 Å². The van der Waals surface area contributed by atoms with E-state index in [1.54, 1.807) is 42.5 Å². The monoisotopic (exact) mass is 504 g/mol. The molecule has 188 valence electrons. The number of benzene rings is 2. The number of halogens is 1. The minimum atomic E-state index is -1.33. The van der Waals surface area contributed by atoms with Crippen molar-refractivity contribution in [3.05, 3.63) is 105 Å². The van der Waals surface area contributed by atoms with Crippen molar-refractivity contribution in [3.8, 4) is 17.7 Å². The highest BCUT2D eigenvalue weighted by molar-refractivity contribution is 5.55. The Hall–Kier alpha value is -4.86. The molecule has 2 aromatic carbocycles. The van der Waals surface area contributed by atoms with Gasteiger partial charge in [0.15, 0.2) is 0 Å². The summed E-state index contributed by atoms with van der Waals surface area (Å²) < 4.78 is 20.9. The van der Waals surface area contributed by atoms with Gasteiger partial charge in [-0.1, -0.05) is 18.2 Å². The Morgan fingerprint density at radius 2 is 1.76 bits per heavy atom. The highest BCUT2D eigenvalue weighted by Gasteiger charge is 2.16. The van der Waals surface area contributed by atoms with Crippen molar-refractivity contribution < 1.29 is 19.3 Å². The van der Waals surface area contributed by atoms with Gasteiger partial charge in [0.1, 0.15) is 23.3 Å². The quantitative estimate of drug-likeness (QED) is 0.309. The molecule has 0 saturated heterocycles. The zero-order valence-corrected chi connectivity index (χ0v) is 19.3. The topological polar surface area (TPSA) is 155 Å². The molecule has 3 N–H and O–H groups in total. The van der Waals surface area contributed by atoms with E-state index in [9.17, 15) is 19.1 Å². The SMILES string of the molecule is N#Cc1cccc(Oc2ccc(Nc3nc(=O)n(C[C@H](O)CO)c(=O)n3Cc3ccc(F)cc3)cc2)n1. The van der Waals surface area contributed by atoms with Crippen molar-refractivity contribution >= 4 is 11.6 Å². The van der Waals surface area contributed by atoms with Crippen LogP contribution < -0.4 is 21.4 Å². The van der Waals surface area contributed by atoms with E-state index in [2.05, 4.69) is 15.3 Å². The van der Waals surface area contributed by atoms with Gasteiger partial charge in [-0.05, 0) is 48.0 Å². The molecule has 37 heavy (non-hydrogen) atoms. The zero-order chi connectivity index (χ0) is 26.4. The minimum absolute atomic E-state index is 0.0496. The van der Waals surface area contributed by atoms with Crippen molar-refractivity contribution in [1.29, 1.82) is 5.26 Å². The molecule has 0 aliphatic carbocycles.